The van der Waals surface area contributed by atoms with E-state index in [9.17, 15) is 9.18 Å². The lowest BCUT2D eigenvalue weighted by Gasteiger charge is -2.28. The molecule has 156 valence electrons. The minimum absolute atomic E-state index is 0.0353. The van der Waals surface area contributed by atoms with E-state index in [-0.39, 0.29) is 11.7 Å². The van der Waals surface area contributed by atoms with Gasteiger partial charge in [0.2, 0.25) is 5.95 Å². The summed E-state index contributed by atoms with van der Waals surface area (Å²) in [5.74, 6) is -0.0460. The summed E-state index contributed by atoms with van der Waals surface area (Å²) in [7, 11) is 0. The number of rotatable bonds is 4. The normalized spacial score (nSPS) is 14.0. The molecule has 0 bridgehead atoms. The van der Waals surface area contributed by atoms with Crippen LogP contribution in [0.5, 0.6) is 0 Å². The lowest BCUT2D eigenvalue weighted by atomic mass is 10.0. The van der Waals surface area contributed by atoms with E-state index in [1.165, 1.54) is 23.5 Å². The van der Waals surface area contributed by atoms with E-state index in [1.807, 2.05) is 16.3 Å². The number of carbonyl (C=O) groups excluding carboxylic acids is 1. The second kappa shape index (κ2) is 8.37. The van der Waals surface area contributed by atoms with Crippen molar-refractivity contribution in [1.29, 1.82) is 0 Å². The monoisotopic (exact) mass is 434 g/mol. The Morgan fingerprint density at radius 3 is 2.81 bits per heavy atom. The Kier molecular flexibility index (Phi) is 5.27. The van der Waals surface area contributed by atoms with Crippen molar-refractivity contribution >= 4 is 39.8 Å². The van der Waals surface area contributed by atoms with Crippen LogP contribution >= 0.6 is 11.3 Å². The van der Waals surface area contributed by atoms with Gasteiger partial charge in [-0.1, -0.05) is 6.07 Å². The first kappa shape index (κ1) is 19.5. The van der Waals surface area contributed by atoms with Crippen molar-refractivity contribution in [3.63, 3.8) is 0 Å². The zero-order valence-corrected chi connectivity index (χ0v) is 17.3. The number of fused-ring (bicyclic) bond motifs is 1. The molecule has 1 fully saturated rings. The predicted molar refractivity (Wildman–Crippen MR) is 119 cm³/mol. The Bertz CT molecular complexity index is 1240. The van der Waals surface area contributed by atoms with Crippen LogP contribution in [0.2, 0.25) is 0 Å². The minimum atomic E-state index is -0.345. The first-order chi connectivity index (χ1) is 15.2. The third-order valence-corrected chi connectivity index (χ3v) is 5.90. The van der Waals surface area contributed by atoms with E-state index in [4.69, 9.17) is 0 Å². The molecule has 0 unspecified atom stereocenters. The molecule has 3 heterocycles. The molecule has 2 N–H and O–H groups in total. The van der Waals surface area contributed by atoms with Crippen LogP contribution in [0.1, 0.15) is 10.4 Å². The van der Waals surface area contributed by atoms with Gasteiger partial charge in [0, 0.05) is 60.6 Å². The number of benzene rings is 2. The first-order valence-corrected chi connectivity index (χ1v) is 10.8. The predicted octanol–water partition coefficient (Wildman–Crippen LogP) is 3.68. The van der Waals surface area contributed by atoms with Crippen LogP contribution in [0.3, 0.4) is 0 Å². The minimum Gasteiger partial charge on any atom is -0.336 e. The SMILES string of the molecule is O=C(c1cc2nc(Nc3cccc(F)c3)ncc2cc1-c1nccs1)N1CCNCC1. The molecule has 4 aromatic rings. The van der Waals surface area contributed by atoms with Gasteiger partial charge in [-0.05, 0) is 30.3 Å². The molecule has 7 nitrogen and oxygen atoms in total. The fraction of sp³-hybridized carbons (Fsp3) is 0.182. The van der Waals surface area contributed by atoms with Crippen molar-refractivity contribution in [2.75, 3.05) is 31.5 Å². The summed E-state index contributed by atoms with van der Waals surface area (Å²) in [5.41, 5.74) is 2.53. The highest BCUT2D eigenvalue weighted by Crippen LogP contribution is 2.31. The number of nitrogens with one attached hydrogen (secondary N) is 2. The van der Waals surface area contributed by atoms with Gasteiger partial charge in [0.15, 0.2) is 0 Å². The number of anilines is 2. The van der Waals surface area contributed by atoms with Gasteiger partial charge in [0.05, 0.1) is 11.1 Å². The maximum Gasteiger partial charge on any atom is 0.254 e. The maximum absolute atomic E-state index is 13.5. The van der Waals surface area contributed by atoms with E-state index in [0.29, 0.717) is 35.8 Å². The number of piperazine rings is 1. The van der Waals surface area contributed by atoms with Gasteiger partial charge >= 0.3 is 0 Å². The summed E-state index contributed by atoms with van der Waals surface area (Å²) in [4.78, 5) is 28.5. The van der Waals surface area contributed by atoms with E-state index < -0.39 is 0 Å². The molecule has 2 aromatic heterocycles. The molecule has 0 spiro atoms. The molecule has 0 saturated carbocycles. The molecular weight excluding hydrogens is 415 g/mol. The molecule has 1 saturated heterocycles. The number of carbonyl (C=O) groups is 1. The number of halogens is 1. The molecule has 0 atom stereocenters. The highest BCUT2D eigenvalue weighted by atomic mass is 32.1. The lowest BCUT2D eigenvalue weighted by molar-refractivity contribution is 0.0736. The van der Waals surface area contributed by atoms with Gasteiger partial charge in [0.25, 0.3) is 5.91 Å². The highest BCUT2D eigenvalue weighted by molar-refractivity contribution is 7.13. The Labute approximate surface area is 182 Å². The average molecular weight is 435 g/mol. The number of amides is 1. The molecule has 31 heavy (non-hydrogen) atoms. The summed E-state index contributed by atoms with van der Waals surface area (Å²) < 4.78 is 13.5. The van der Waals surface area contributed by atoms with Crippen molar-refractivity contribution in [2.45, 2.75) is 0 Å². The molecule has 1 aliphatic heterocycles. The van der Waals surface area contributed by atoms with Gasteiger partial charge < -0.3 is 15.5 Å². The smallest absolute Gasteiger partial charge is 0.254 e. The number of aromatic nitrogens is 3. The molecule has 9 heteroatoms. The molecule has 5 rings (SSSR count). The Morgan fingerprint density at radius 1 is 1.16 bits per heavy atom. The standard InChI is InChI=1S/C22H19FN6OS/c23-15-2-1-3-16(11-15)27-22-26-13-14-10-17(20-25-6-9-31-20)18(12-19(14)28-22)21(30)29-7-4-24-5-8-29/h1-3,6,9-13,24H,4-5,7-8H2,(H,26,27,28). The quantitative estimate of drug-likeness (QED) is 0.510. The number of hydrogen-bond donors (Lipinski definition) is 2. The summed E-state index contributed by atoms with van der Waals surface area (Å²) in [6, 6.07) is 9.81. The van der Waals surface area contributed by atoms with Crippen molar-refractivity contribution < 1.29 is 9.18 Å². The van der Waals surface area contributed by atoms with Crippen molar-refractivity contribution in [2.24, 2.45) is 0 Å². The first-order valence-electron chi connectivity index (χ1n) is 9.91. The van der Waals surface area contributed by atoms with Gasteiger partial charge in [-0.2, -0.15) is 0 Å². The topological polar surface area (TPSA) is 83.0 Å². The van der Waals surface area contributed by atoms with Gasteiger partial charge in [-0.25, -0.2) is 19.3 Å². The lowest BCUT2D eigenvalue weighted by Crippen LogP contribution is -2.46. The zero-order chi connectivity index (χ0) is 21.2. The summed E-state index contributed by atoms with van der Waals surface area (Å²) in [6.45, 7) is 2.86. The van der Waals surface area contributed by atoms with Crippen LogP contribution in [-0.2, 0) is 0 Å². The average Bonchev–Trinajstić information content (AvgIpc) is 3.33. The summed E-state index contributed by atoms with van der Waals surface area (Å²) in [6.07, 6.45) is 3.42. The number of hydrogen-bond acceptors (Lipinski definition) is 7. The number of nitrogens with zero attached hydrogens (tertiary/aromatic N) is 4. The van der Waals surface area contributed by atoms with E-state index in [1.54, 1.807) is 30.6 Å². The fourth-order valence-corrected chi connectivity index (χ4v) is 4.25. The van der Waals surface area contributed by atoms with E-state index in [0.717, 1.165) is 29.0 Å². The van der Waals surface area contributed by atoms with Gasteiger partial charge in [-0.15, -0.1) is 11.3 Å². The molecule has 2 aromatic carbocycles. The fourth-order valence-electron chi connectivity index (χ4n) is 3.58. The van der Waals surface area contributed by atoms with Crippen LogP contribution in [0.15, 0.2) is 54.2 Å². The second-order valence-corrected chi connectivity index (χ2v) is 8.06. The highest BCUT2D eigenvalue weighted by Gasteiger charge is 2.23. The third-order valence-electron chi connectivity index (χ3n) is 5.10. The summed E-state index contributed by atoms with van der Waals surface area (Å²) >= 11 is 1.49. The second-order valence-electron chi connectivity index (χ2n) is 7.17. The van der Waals surface area contributed by atoms with Crippen molar-refractivity contribution in [3.8, 4) is 10.6 Å². The maximum atomic E-state index is 13.5. The van der Waals surface area contributed by atoms with Crippen LogP contribution in [0, 0.1) is 5.82 Å². The van der Waals surface area contributed by atoms with Gasteiger partial charge in [-0.3, -0.25) is 4.79 Å². The summed E-state index contributed by atoms with van der Waals surface area (Å²) in [5, 5.41) is 9.75. The molecule has 1 aliphatic rings. The Balaban J connectivity index is 1.56. The molecule has 0 aliphatic carbocycles. The largest absolute Gasteiger partial charge is 0.336 e. The Morgan fingerprint density at radius 2 is 2.03 bits per heavy atom. The van der Waals surface area contributed by atoms with Crippen molar-refractivity contribution in [1.82, 2.24) is 25.2 Å². The molecule has 1 amide bonds. The van der Waals surface area contributed by atoms with Crippen LogP contribution < -0.4 is 10.6 Å². The third kappa shape index (κ3) is 4.10. The molecular formula is C22H19FN6OS. The molecule has 0 radical (unpaired) electrons. The zero-order valence-electron chi connectivity index (χ0n) is 16.5. The van der Waals surface area contributed by atoms with E-state index in [2.05, 4.69) is 25.6 Å². The van der Waals surface area contributed by atoms with Crippen LogP contribution in [0.4, 0.5) is 16.0 Å². The van der Waals surface area contributed by atoms with Gasteiger partial charge in [0.1, 0.15) is 10.8 Å². The van der Waals surface area contributed by atoms with Crippen LogP contribution in [-0.4, -0.2) is 51.9 Å². The Hall–Kier alpha value is -3.43. The number of thiazole rings is 1. The van der Waals surface area contributed by atoms with Crippen molar-refractivity contribution in [3.05, 3.63) is 65.6 Å². The van der Waals surface area contributed by atoms with E-state index >= 15 is 0 Å². The van der Waals surface area contributed by atoms with Crippen LogP contribution in [0.25, 0.3) is 21.5 Å².